The Hall–Kier alpha value is -3.08. The summed E-state index contributed by atoms with van der Waals surface area (Å²) in [5.74, 6) is -1.00. The van der Waals surface area contributed by atoms with Crippen molar-refractivity contribution < 1.29 is 31.1 Å². The number of hydrogen-bond acceptors (Lipinski definition) is 2. The molecule has 1 amide bonds. The molecule has 0 spiro atoms. The second-order valence-corrected chi connectivity index (χ2v) is 7.06. The second-order valence-electron chi connectivity index (χ2n) is 6.65. The van der Waals surface area contributed by atoms with Gasteiger partial charge in [0, 0.05) is 5.70 Å². The van der Waals surface area contributed by atoms with Crippen molar-refractivity contribution in [2.75, 3.05) is 5.32 Å². The summed E-state index contributed by atoms with van der Waals surface area (Å²) in [4.78, 5) is 13.0. The summed E-state index contributed by atoms with van der Waals surface area (Å²) in [6, 6.07) is 7.57. The third-order valence-corrected chi connectivity index (χ3v) is 4.79. The fourth-order valence-corrected chi connectivity index (χ4v) is 3.53. The molecule has 0 fully saturated rings. The van der Waals surface area contributed by atoms with Crippen LogP contribution in [0.25, 0.3) is 0 Å². The Balaban J connectivity index is 2.06. The van der Waals surface area contributed by atoms with Gasteiger partial charge in [0.15, 0.2) is 5.11 Å². The average Bonchev–Trinajstić information content (AvgIpc) is 2.66. The first kappa shape index (κ1) is 22.6. The van der Waals surface area contributed by atoms with Crippen molar-refractivity contribution in [3.05, 3.63) is 76.5 Å². The number of para-hydroxylation sites is 1. The third-order valence-electron chi connectivity index (χ3n) is 4.57. The molecule has 0 bridgehead atoms. The van der Waals surface area contributed by atoms with Gasteiger partial charge in [0.2, 0.25) is 0 Å². The van der Waals surface area contributed by atoms with Crippen molar-refractivity contribution in [1.82, 2.24) is 10.6 Å². The van der Waals surface area contributed by atoms with E-state index in [0.29, 0.717) is 0 Å². The first-order valence-corrected chi connectivity index (χ1v) is 9.22. The Morgan fingerprint density at radius 3 is 2.10 bits per heavy atom. The Morgan fingerprint density at radius 1 is 0.935 bits per heavy atom. The highest BCUT2D eigenvalue weighted by atomic mass is 32.1. The minimum absolute atomic E-state index is 0.0216. The highest BCUT2D eigenvalue weighted by molar-refractivity contribution is 7.80. The number of thiocarbonyl (C=S) groups is 1. The lowest BCUT2D eigenvalue weighted by atomic mass is 9.91. The molecule has 11 heteroatoms. The van der Waals surface area contributed by atoms with Crippen molar-refractivity contribution in [1.29, 1.82) is 0 Å². The summed E-state index contributed by atoms with van der Waals surface area (Å²) >= 11 is 5.02. The van der Waals surface area contributed by atoms with Crippen LogP contribution in [0, 0.1) is 0 Å². The number of amides is 1. The fourth-order valence-electron chi connectivity index (χ4n) is 3.26. The number of hydrogen-bond donors (Lipinski definition) is 3. The standard InChI is InChI=1S/C20H15F6N3OS/c1-10-15(17(30)28-14-9-5-4-8-13(14)20(24,25)26)16(29-18(31)27-10)11-6-2-3-7-12(11)19(21,22)23/h2-9,16H,1H3,(H,28,30)(H2,27,29,31). The largest absolute Gasteiger partial charge is 0.418 e. The lowest BCUT2D eigenvalue weighted by molar-refractivity contribution is -0.139. The van der Waals surface area contributed by atoms with Gasteiger partial charge in [0.05, 0.1) is 28.4 Å². The molecule has 164 valence electrons. The maximum Gasteiger partial charge on any atom is 0.418 e. The lowest BCUT2D eigenvalue weighted by Gasteiger charge is -2.32. The average molecular weight is 459 g/mol. The van der Waals surface area contributed by atoms with Gasteiger partial charge in [-0.15, -0.1) is 0 Å². The van der Waals surface area contributed by atoms with Crippen molar-refractivity contribution >= 4 is 28.9 Å². The quantitative estimate of drug-likeness (QED) is 0.439. The van der Waals surface area contributed by atoms with Crippen LogP contribution in [-0.2, 0) is 17.1 Å². The van der Waals surface area contributed by atoms with Gasteiger partial charge < -0.3 is 16.0 Å². The van der Waals surface area contributed by atoms with Crippen LogP contribution >= 0.6 is 12.2 Å². The molecule has 1 aliphatic heterocycles. The van der Waals surface area contributed by atoms with Gasteiger partial charge in [-0.3, -0.25) is 4.79 Å². The zero-order valence-corrected chi connectivity index (χ0v) is 16.6. The van der Waals surface area contributed by atoms with Gasteiger partial charge in [-0.25, -0.2) is 0 Å². The Labute approximate surface area is 178 Å². The van der Waals surface area contributed by atoms with E-state index in [9.17, 15) is 31.1 Å². The van der Waals surface area contributed by atoms with Gasteiger partial charge in [0.1, 0.15) is 0 Å². The van der Waals surface area contributed by atoms with Crippen molar-refractivity contribution in [2.45, 2.75) is 25.3 Å². The fraction of sp³-hybridized carbons (Fsp3) is 0.200. The molecule has 31 heavy (non-hydrogen) atoms. The highest BCUT2D eigenvalue weighted by Gasteiger charge is 2.39. The molecule has 4 nitrogen and oxygen atoms in total. The normalized spacial score (nSPS) is 17.1. The van der Waals surface area contributed by atoms with E-state index in [1.54, 1.807) is 0 Å². The minimum Gasteiger partial charge on any atom is -0.351 e. The van der Waals surface area contributed by atoms with Crippen LogP contribution < -0.4 is 16.0 Å². The first-order chi connectivity index (χ1) is 14.4. The topological polar surface area (TPSA) is 53.2 Å². The number of halogens is 6. The minimum atomic E-state index is -4.74. The summed E-state index contributed by atoms with van der Waals surface area (Å²) in [5.41, 5.74) is -2.98. The van der Waals surface area contributed by atoms with E-state index in [-0.39, 0.29) is 21.9 Å². The molecule has 1 atom stereocenters. The van der Waals surface area contributed by atoms with E-state index in [0.717, 1.165) is 24.3 Å². The summed E-state index contributed by atoms with van der Waals surface area (Å²) in [7, 11) is 0. The first-order valence-electron chi connectivity index (χ1n) is 8.81. The van der Waals surface area contributed by atoms with Crippen LogP contribution in [-0.4, -0.2) is 11.0 Å². The van der Waals surface area contributed by atoms with Crippen LogP contribution in [0.1, 0.15) is 29.7 Å². The summed E-state index contributed by atoms with van der Waals surface area (Å²) in [6.45, 7) is 1.40. The number of nitrogens with one attached hydrogen (secondary N) is 3. The van der Waals surface area contributed by atoms with Gasteiger partial charge in [-0.1, -0.05) is 30.3 Å². The van der Waals surface area contributed by atoms with E-state index in [1.165, 1.54) is 31.2 Å². The van der Waals surface area contributed by atoms with Crippen molar-refractivity contribution in [3.63, 3.8) is 0 Å². The molecular formula is C20H15F6N3OS. The van der Waals surface area contributed by atoms with E-state index in [2.05, 4.69) is 16.0 Å². The molecule has 2 aromatic rings. The van der Waals surface area contributed by atoms with E-state index in [4.69, 9.17) is 12.2 Å². The number of carbonyl (C=O) groups excluding carboxylic acids is 1. The molecule has 3 N–H and O–H groups in total. The predicted molar refractivity (Wildman–Crippen MR) is 106 cm³/mol. The highest BCUT2D eigenvalue weighted by Crippen LogP contribution is 2.39. The summed E-state index contributed by atoms with van der Waals surface area (Å²) in [5, 5.41) is 7.40. The molecular weight excluding hydrogens is 444 g/mol. The molecule has 0 aliphatic carbocycles. The lowest BCUT2D eigenvalue weighted by Crippen LogP contribution is -2.46. The third kappa shape index (κ3) is 4.82. The maximum atomic E-state index is 13.5. The summed E-state index contributed by atoms with van der Waals surface area (Å²) < 4.78 is 80.4. The van der Waals surface area contributed by atoms with Gasteiger partial charge in [0.25, 0.3) is 5.91 Å². The zero-order valence-electron chi connectivity index (χ0n) is 15.8. The molecule has 0 radical (unpaired) electrons. The van der Waals surface area contributed by atoms with Crippen LogP contribution in [0.5, 0.6) is 0 Å². The Bertz CT molecular complexity index is 1060. The Morgan fingerprint density at radius 2 is 1.48 bits per heavy atom. The van der Waals surface area contributed by atoms with Crippen molar-refractivity contribution in [3.8, 4) is 0 Å². The number of rotatable bonds is 3. The second kappa shape index (κ2) is 8.22. The van der Waals surface area contributed by atoms with Crippen LogP contribution in [0.2, 0.25) is 0 Å². The number of allylic oxidation sites excluding steroid dienone is 1. The predicted octanol–water partition coefficient (Wildman–Crippen LogP) is 5.16. The van der Waals surface area contributed by atoms with E-state index in [1.807, 2.05) is 0 Å². The SMILES string of the molecule is CC1=C(C(=O)Nc2ccccc2C(F)(F)F)C(c2ccccc2C(F)(F)F)NC(=S)N1. The molecule has 1 aliphatic rings. The van der Waals surface area contributed by atoms with Crippen LogP contribution in [0.15, 0.2) is 59.8 Å². The molecule has 0 saturated heterocycles. The maximum absolute atomic E-state index is 13.5. The van der Waals surface area contributed by atoms with E-state index >= 15 is 0 Å². The number of benzene rings is 2. The number of alkyl halides is 6. The zero-order chi connectivity index (χ0) is 23.0. The van der Waals surface area contributed by atoms with Gasteiger partial charge >= 0.3 is 12.4 Å². The van der Waals surface area contributed by atoms with Crippen molar-refractivity contribution in [2.24, 2.45) is 0 Å². The number of carbonyl (C=O) groups is 1. The monoisotopic (exact) mass is 459 g/mol. The molecule has 1 unspecified atom stereocenters. The van der Waals surface area contributed by atoms with Crippen LogP contribution in [0.4, 0.5) is 32.0 Å². The Kier molecular flexibility index (Phi) is 5.99. The molecule has 0 aromatic heterocycles. The molecule has 0 saturated carbocycles. The van der Waals surface area contributed by atoms with E-state index < -0.39 is 41.1 Å². The number of anilines is 1. The molecule has 3 rings (SSSR count). The van der Waals surface area contributed by atoms with Crippen LogP contribution in [0.3, 0.4) is 0 Å². The summed E-state index contributed by atoms with van der Waals surface area (Å²) in [6.07, 6.45) is -9.46. The molecule has 2 aromatic carbocycles. The van der Waals surface area contributed by atoms with Gasteiger partial charge in [-0.05, 0) is 42.9 Å². The molecule has 1 heterocycles. The smallest absolute Gasteiger partial charge is 0.351 e. The van der Waals surface area contributed by atoms with Gasteiger partial charge in [-0.2, -0.15) is 26.3 Å².